The molecule has 0 bridgehead atoms. The molecule has 3 rings (SSSR count). The van der Waals surface area contributed by atoms with Crippen LogP contribution in [0.4, 0.5) is 5.82 Å². The summed E-state index contributed by atoms with van der Waals surface area (Å²) in [7, 11) is 0. The van der Waals surface area contributed by atoms with E-state index in [4.69, 9.17) is 23.2 Å². The smallest absolute Gasteiger partial charge is 0.262 e. The van der Waals surface area contributed by atoms with Crippen LogP contribution in [-0.4, -0.2) is 26.2 Å². The lowest BCUT2D eigenvalue weighted by Crippen LogP contribution is -2.24. The number of rotatable bonds is 6. The summed E-state index contributed by atoms with van der Waals surface area (Å²) in [6, 6.07) is 8.25. The molecule has 0 radical (unpaired) electrons. The zero-order valence-corrected chi connectivity index (χ0v) is 16.7. The number of thioether (sulfide) groups is 1. The van der Waals surface area contributed by atoms with Crippen LogP contribution in [0.3, 0.4) is 0 Å². The van der Waals surface area contributed by atoms with Crippen LogP contribution in [0.25, 0.3) is 10.9 Å². The van der Waals surface area contributed by atoms with Gasteiger partial charge in [0.2, 0.25) is 5.91 Å². The second-order valence-electron chi connectivity index (χ2n) is 5.71. The maximum Gasteiger partial charge on any atom is 0.262 e. The zero-order chi connectivity index (χ0) is 19.4. The number of carbonyl (C=O) groups is 1. The normalized spacial score (nSPS) is 10.9. The molecule has 0 saturated heterocycles. The highest BCUT2D eigenvalue weighted by Crippen LogP contribution is 2.21. The minimum atomic E-state index is -0.252. The highest BCUT2D eigenvalue weighted by molar-refractivity contribution is 7.99. The van der Waals surface area contributed by atoms with Gasteiger partial charge in [-0.1, -0.05) is 41.9 Å². The Morgan fingerprint density at radius 2 is 2.00 bits per heavy atom. The summed E-state index contributed by atoms with van der Waals surface area (Å²) in [6.45, 7) is 2.50. The molecular weight excluding hydrogens is 407 g/mol. The van der Waals surface area contributed by atoms with Crippen LogP contribution in [0.5, 0.6) is 0 Å². The molecule has 0 spiro atoms. The molecule has 2 heterocycles. The lowest BCUT2D eigenvalue weighted by molar-refractivity contribution is -0.113. The SMILES string of the molecule is CCCn1c(SCC(=O)Nc2ccc(Cl)cn2)nc2cc(Cl)ccc2c1=O. The van der Waals surface area contributed by atoms with Crippen LogP contribution >= 0.6 is 35.0 Å². The van der Waals surface area contributed by atoms with Crippen molar-refractivity contribution in [3.63, 3.8) is 0 Å². The summed E-state index contributed by atoms with van der Waals surface area (Å²) in [4.78, 5) is 33.5. The number of fused-ring (bicyclic) bond motifs is 1. The second-order valence-corrected chi connectivity index (χ2v) is 7.53. The number of pyridine rings is 1. The Kier molecular flexibility index (Phi) is 6.36. The number of nitrogens with zero attached hydrogens (tertiary/aromatic N) is 3. The molecule has 3 aromatic rings. The third-order valence-electron chi connectivity index (χ3n) is 3.66. The predicted molar refractivity (Wildman–Crippen MR) is 110 cm³/mol. The first-order valence-electron chi connectivity index (χ1n) is 8.22. The fourth-order valence-electron chi connectivity index (χ4n) is 2.46. The third kappa shape index (κ3) is 4.80. The largest absolute Gasteiger partial charge is 0.310 e. The fourth-order valence-corrected chi connectivity index (χ4v) is 3.57. The molecule has 2 aromatic heterocycles. The molecule has 0 fully saturated rings. The van der Waals surface area contributed by atoms with E-state index in [0.29, 0.717) is 38.5 Å². The van der Waals surface area contributed by atoms with Crippen molar-refractivity contribution >= 4 is 57.6 Å². The first kappa shape index (κ1) is 19.7. The molecule has 0 atom stereocenters. The van der Waals surface area contributed by atoms with E-state index in [9.17, 15) is 9.59 Å². The summed E-state index contributed by atoms with van der Waals surface area (Å²) in [5, 5.41) is 4.67. The van der Waals surface area contributed by atoms with Crippen LogP contribution < -0.4 is 10.9 Å². The van der Waals surface area contributed by atoms with E-state index >= 15 is 0 Å². The van der Waals surface area contributed by atoms with Gasteiger partial charge in [0.25, 0.3) is 5.56 Å². The number of carbonyl (C=O) groups excluding carboxylic acids is 1. The van der Waals surface area contributed by atoms with Crippen molar-refractivity contribution in [2.75, 3.05) is 11.1 Å². The van der Waals surface area contributed by atoms with Gasteiger partial charge in [-0.2, -0.15) is 0 Å². The Hall–Kier alpha value is -2.09. The molecular formula is C18H16Cl2N4O2S. The number of amides is 1. The maximum atomic E-state index is 12.8. The van der Waals surface area contributed by atoms with Gasteiger partial charge in [-0.25, -0.2) is 9.97 Å². The zero-order valence-electron chi connectivity index (χ0n) is 14.4. The average molecular weight is 423 g/mol. The molecule has 9 heteroatoms. The number of nitrogens with one attached hydrogen (secondary N) is 1. The van der Waals surface area contributed by atoms with Gasteiger partial charge in [0.1, 0.15) is 5.82 Å². The Labute approximate surface area is 169 Å². The Morgan fingerprint density at radius 1 is 1.22 bits per heavy atom. The summed E-state index contributed by atoms with van der Waals surface area (Å²) in [5.74, 6) is 0.250. The number of anilines is 1. The molecule has 1 N–H and O–H groups in total. The van der Waals surface area contributed by atoms with Gasteiger partial charge in [0.05, 0.1) is 21.7 Å². The van der Waals surface area contributed by atoms with Crippen LogP contribution in [0.2, 0.25) is 10.0 Å². The van der Waals surface area contributed by atoms with Gasteiger partial charge in [-0.05, 0) is 36.8 Å². The predicted octanol–water partition coefficient (Wildman–Crippen LogP) is 4.24. The van der Waals surface area contributed by atoms with E-state index < -0.39 is 0 Å². The molecule has 6 nitrogen and oxygen atoms in total. The van der Waals surface area contributed by atoms with Crippen molar-refractivity contribution in [2.45, 2.75) is 25.0 Å². The molecule has 1 aromatic carbocycles. The summed E-state index contributed by atoms with van der Waals surface area (Å²) in [6.07, 6.45) is 2.23. The number of halogens is 2. The van der Waals surface area contributed by atoms with Gasteiger partial charge in [0.15, 0.2) is 5.16 Å². The Bertz CT molecular complexity index is 1040. The van der Waals surface area contributed by atoms with Crippen molar-refractivity contribution < 1.29 is 4.79 Å². The minimum absolute atomic E-state index is 0.0898. The topological polar surface area (TPSA) is 76.9 Å². The highest BCUT2D eigenvalue weighted by Gasteiger charge is 2.13. The molecule has 27 heavy (non-hydrogen) atoms. The molecule has 1 amide bonds. The maximum absolute atomic E-state index is 12.8. The van der Waals surface area contributed by atoms with Crippen molar-refractivity contribution in [1.82, 2.24) is 14.5 Å². The van der Waals surface area contributed by atoms with Gasteiger partial charge < -0.3 is 5.32 Å². The average Bonchev–Trinajstić information content (AvgIpc) is 2.64. The lowest BCUT2D eigenvalue weighted by atomic mass is 10.2. The summed E-state index contributed by atoms with van der Waals surface area (Å²) >= 11 is 13.0. The van der Waals surface area contributed by atoms with Crippen molar-refractivity contribution in [3.8, 4) is 0 Å². The first-order valence-corrected chi connectivity index (χ1v) is 9.96. The van der Waals surface area contributed by atoms with Crippen LogP contribution in [0.15, 0.2) is 46.5 Å². The van der Waals surface area contributed by atoms with E-state index in [2.05, 4.69) is 15.3 Å². The molecule has 0 aliphatic heterocycles. The molecule has 0 saturated carbocycles. The van der Waals surface area contributed by atoms with E-state index in [1.54, 1.807) is 34.9 Å². The van der Waals surface area contributed by atoms with Gasteiger partial charge in [-0.15, -0.1) is 0 Å². The van der Waals surface area contributed by atoms with Gasteiger partial charge in [0, 0.05) is 17.8 Å². The molecule has 0 aliphatic rings. The number of hydrogen-bond donors (Lipinski definition) is 1. The van der Waals surface area contributed by atoms with Crippen LogP contribution in [0, 0.1) is 0 Å². The lowest BCUT2D eigenvalue weighted by Gasteiger charge is -2.12. The van der Waals surface area contributed by atoms with E-state index in [-0.39, 0.29) is 17.2 Å². The molecule has 0 unspecified atom stereocenters. The minimum Gasteiger partial charge on any atom is -0.310 e. The van der Waals surface area contributed by atoms with Crippen molar-refractivity contribution in [3.05, 3.63) is 56.9 Å². The van der Waals surface area contributed by atoms with E-state index in [0.717, 1.165) is 6.42 Å². The standard InChI is InChI=1S/C18H16Cl2N4O2S/c1-2-7-24-17(26)13-5-3-11(19)8-14(13)22-18(24)27-10-16(25)23-15-6-4-12(20)9-21-15/h3-6,8-9H,2,7,10H2,1H3,(H,21,23,25). The molecule has 0 aliphatic carbocycles. The fraction of sp³-hybridized carbons (Fsp3) is 0.222. The van der Waals surface area contributed by atoms with Crippen LogP contribution in [0.1, 0.15) is 13.3 Å². The summed E-state index contributed by atoms with van der Waals surface area (Å²) < 4.78 is 1.59. The van der Waals surface area contributed by atoms with Crippen molar-refractivity contribution in [1.29, 1.82) is 0 Å². The Morgan fingerprint density at radius 3 is 2.70 bits per heavy atom. The van der Waals surface area contributed by atoms with E-state index in [1.807, 2.05) is 6.92 Å². The van der Waals surface area contributed by atoms with Gasteiger partial charge >= 0.3 is 0 Å². The highest BCUT2D eigenvalue weighted by atomic mass is 35.5. The number of hydrogen-bond acceptors (Lipinski definition) is 5. The monoisotopic (exact) mass is 422 g/mol. The molecule has 140 valence electrons. The first-order chi connectivity index (χ1) is 13.0. The quantitative estimate of drug-likeness (QED) is 0.474. The van der Waals surface area contributed by atoms with Crippen molar-refractivity contribution in [2.24, 2.45) is 0 Å². The number of benzene rings is 1. The van der Waals surface area contributed by atoms with Gasteiger partial charge in [-0.3, -0.25) is 14.2 Å². The Balaban J connectivity index is 1.82. The number of aromatic nitrogens is 3. The third-order valence-corrected chi connectivity index (χ3v) is 5.09. The van der Waals surface area contributed by atoms with Crippen LogP contribution in [-0.2, 0) is 11.3 Å². The van der Waals surface area contributed by atoms with E-state index in [1.165, 1.54) is 18.0 Å². The summed E-state index contributed by atoms with van der Waals surface area (Å²) in [5.41, 5.74) is 0.378. The second kappa shape index (κ2) is 8.73.